The summed E-state index contributed by atoms with van der Waals surface area (Å²) in [6.07, 6.45) is 0.783. The third-order valence-corrected chi connectivity index (χ3v) is 5.57. The lowest BCUT2D eigenvalue weighted by Gasteiger charge is -2.31. The van der Waals surface area contributed by atoms with Crippen molar-refractivity contribution in [1.82, 2.24) is 15.1 Å². The monoisotopic (exact) mass is 425 g/mol. The standard InChI is InChI=1S/C19H22F3N5O3/c1-18(6-9-2-3-9,16-26-17(24)30-27-16)12-13(15(23)28)25-7-11(10-4-5-10)14(12)29-8-19(20,21)22/h7,9-10H,2-6,8H2,1H3,(H2,23,28)(H2,24,26,27). The second kappa shape index (κ2) is 7.13. The average Bonchev–Trinajstić information content (AvgIpc) is 3.58. The van der Waals surface area contributed by atoms with Gasteiger partial charge in [-0.25, -0.2) is 0 Å². The molecule has 2 heterocycles. The Kier molecular flexibility index (Phi) is 4.86. The molecule has 2 aromatic heterocycles. The highest BCUT2D eigenvalue weighted by Crippen LogP contribution is 2.52. The minimum Gasteiger partial charge on any atom is -0.483 e. The van der Waals surface area contributed by atoms with Crippen molar-refractivity contribution < 1.29 is 27.2 Å². The number of carbonyl (C=O) groups excluding carboxylic acids is 1. The van der Waals surface area contributed by atoms with Gasteiger partial charge >= 0.3 is 12.2 Å². The van der Waals surface area contributed by atoms with E-state index in [0.717, 1.165) is 25.7 Å². The van der Waals surface area contributed by atoms with E-state index in [9.17, 15) is 18.0 Å². The molecule has 2 saturated carbocycles. The average molecular weight is 425 g/mol. The van der Waals surface area contributed by atoms with E-state index in [-0.39, 0.29) is 40.7 Å². The topological polar surface area (TPSA) is 130 Å². The summed E-state index contributed by atoms with van der Waals surface area (Å²) in [5, 5.41) is 3.92. The lowest BCUT2D eigenvalue weighted by Crippen LogP contribution is -2.33. The number of amides is 1. The number of nitrogens with two attached hydrogens (primary N) is 2. The van der Waals surface area contributed by atoms with Crippen molar-refractivity contribution in [2.75, 3.05) is 12.3 Å². The normalized spacial score (nSPS) is 18.8. The van der Waals surface area contributed by atoms with Crippen LogP contribution in [0, 0.1) is 5.92 Å². The summed E-state index contributed by atoms with van der Waals surface area (Å²) in [4.78, 5) is 20.6. The number of primary amides is 1. The van der Waals surface area contributed by atoms with Gasteiger partial charge in [-0.2, -0.15) is 18.2 Å². The van der Waals surface area contributed by atoms with Crippen LogP contribution in [0.25, 0.3) is 0 Å². The predicted molar refractivity (Wildman–Crippen MR) is 98.8 cm³/mol. The van der Waals surface area contributed by atoms with Gasteiger partial charge in [-0.05, 0) is 38.0 Å². The number of rotatable bonds is 8. The Morgan fingerprint density at radius 2 is 2.00 bits per heavy atom. The van der Waals surface area contributed by atoms with Gasteiger partial charge in [-0.1, -0.05) is 18.0 Å². The number of hydrogen-bond acceptors (Lipinski definition) is 7. The first-order valence-electron chi connectivity index (χ1n) is 9.71. The maximum absolute atomic E-state index is 13.0. The molecule has 0 bridgehead atoms. The first-order chi connectivity index (χ1) is 14.1. The summed E-state index contributed by atoms with van der Waals surface area (Å²) in [6.45, 7) is 0.228. The van der Waals surface area contributed by atoms with E-state index >= 15 is 0 Å². The van der Waals surface area contributed by atoms with Crippen molar-refractivity contribution in [3.63, 3.8) is 0 Å². The van der Waals surface area contributed by atoms with Gasteiger partial charge < -0.3 is 20.7 Å². The number of hydrogen-bond donors (Lipinski definition) is 2. The minimum absolute atomic E-state index is 0.0157. The van der Waals surface area contributed by atoms with E-state index in [1.54, 1.807) is 6.92 Å². The van der Waals surface area contributed by atoms with Crippen LogP contribution in [0.5, 0.6) is 5.75 Å². The molecular weight excluding hydrogens is 403 g/mol. The van der Waals surface area contributed by atoms with Gasteiger partial charge in [0.2, 0.25) is 0 Å². The van der Waals surface area contributed by atoms with Gasteiger partial charge in [0.05, 0.1) is 5.41 Å². The molecule has 1 amide bonds. The smallest absolute Gasteiger partial charge is 0.422 e. The van der Waals surface area contributed by atoms with E-state index in [4.69, 9.17) is 20.7 Å². The van der Waals surface area contributed by atoms with Crippen molar-refractivity contribution in [2.45, 2.75) is 56.5 Å². The summed E-state index contributed by atoms with van der Waals surface area (Å²) in [5.41, 5.74) is 10.6. The zero-order valence-electron chi connectivity index (χ0n) is 16.3. The first-order valence-corrected chi connectivity index (χ1v) is 9.71. The summed E-state index contributed by atoms with van der Waals surface area (Å²) in [7, 11) is 0. The fraction of sp³-hybridized carbons (Fsp3) is 0.579. The molecule has 0 saturated heterocycles. The van der Waals surface area contributed by atoms with Gasteiger partial charge in [0.1, 0.15) is 11.4 Å². The lowest BCUT2D eigenvalue weighted by molar-refractivity contribution is -0.153. The van der Waals surface area contributed by atoms with Gasteiger partial charge in [0.25, 0.3) is 5.91 Å². The molecule has 0 aromatic carbocycles. The Labute approximate surface area is 170 Å². The van der Waals surface area contributed by atoms with Crippen LogP contribution in [-0.4, -0.2) is 33.8 Å². The molecule has 1 atom stereocenters. The Bertz CT molecular complexity index is 969. The molecule has 2 aromatic rings. The Morgan fingerprint density at radius 1 is 1.30 bits per heavy atom. The first kappa shape index (κ1) is 20.4. The minimum atomic E-state index is -4.56. The largest absolute Gasteiger partial charge is 0.483 e. The molecule has 8 nitrogen and oxygen atoms in total. The van der Waals surface area contributed by atoms with Crippen LogP contribution in [0.4, 0.5) is 19.2 Å². The zero-order valence-corrected chi connectivity index (χ0v) is 16.3. The molecule has 0 radical (unpaired) electrons. The van der Waals surface area contributed by atoms with E-state index in [0.29, 0.717) is 12.0 Å². The van der Waals surface area contributed by atoms with Crippen LogP contribution in [0.2, 0.25) is 0 Å². The van der Waals surface area contributed by atoms with E-state index < -0.39 is 24.1 Å². The summed E-state index contributed by atoms with van der Waals surface area (Å²) in [5.74, 6) is -0.439. The molecule has 4 N–H and O–H groups in total. The zero-order chi connectivity index (χ0) is 21.7. The van der Waals surface area contributed by atoms with Crippen molar-refractivity contribution in [3.05, 3.63) is 28.8 Å². The lowest BCUT2D eigenvalue weighted by atomic mass is 9.75. The van der Waals surface area contributed by atoms with Crippen LogP contribution in [-0.2, 0) is 5.41 Å². The molecule has 4 rings (SSSR count). The van der Waals surface area contributed by atoms with E-state index in [2.05, 4.69) is 15.1 Å². The number of carbonyl (C=O) groups is 1. The van der Waals surface area contributed by atoms with Gasteiger partial charge in [0, 0.05) is 17.3 Å². The van der Waals surface area contributed by atoms with Gasteiger partial charge in [-0.15, -0.1) is 0 Å². The number of pyridine rings is 1. The Balaban J connectivity index is 1.93. The van der Waals surface area contributed by atoms with Crippen molar-refractivity contribution in [3.8, 4) is 5.75 Å². The maximum Gasteiger partial charge on any atom is 0.422 e. The van der Waals surface area contributed by atoms with Crippen LogP contribution in [0.1, 0.15) is 72.4 Å². The third-order valence-electron chi connectivity index (χ3n) is 5.57. The molecule has 2 aliphatic carbocycles. The van der Waals surface area contributed by atoms with Crippen molar-refractivity contribution in [1.29, 1.82) is 0 Å². The molecule has 0 aliphatic heterocycles. The van der Waals surface area contributed by atoms with Crippen molar-refractivity contribution in [2.24, 2.45) is 11.7 Å². The molecule has 2 fully saturated rings. The molecular formula is C19H22F3N5O3. The SMILES string of the molecule is CC(CC1CC1)(c1noc(N)n1)c1c(C(N)=O)ncc(C2CC2)c1OCC(F)(F)F. The number of nitrogen functional groups attached to an aromatic ring is 1. The molecule has 11 heteroatoms. The summed E-state index contributed by atoms with van der Waals surface area (Å²) in [6, 6.07) is -0.184. The fourth-order valence-corrected chi connectivity index (χ4v) is 3.87. The second-order valence-electron chi connectivity index (χ2n) is 8.24. The Hall–Kier alpha value is -2.85. The van der Waals surface area contributed by atoms with Crippen LogP contribution >= 0.6 is 0 Å². The molecule has 30 heavy (non-hydrogen) atoms. The second-order valence-corrected chi connectivity index (χ2v) is 8.24. The summed E-state index contributed by atoms with van der Waals surface area (Å²) >= 11 is 0. The maximum atomic E-state index is 13.0. The highest BCUT2D eigenvalue weighted by Gasteiger charge is 2.46. The molecule has 2 aliphatic rings. The number of alkyl halides is 3. The van der Waals surface area contributed by atoms with Crippen LogP contribution in [0.3, 0.4) is 0 Å². The predicted octanol–water partition coefficient (Wildman–Crippen LogP) is 3.07. The molecule has 0 spiro atoms. The van der Waals surface area contributed by atoms with E-state index in [1.165, 1.54) is 6.20 Å². The number of aromatic nitrogens is 3. The number of ether oxygens (including phenoxy) is 1. The highest BCUT2D eigenvalue weighted by molar-refractivity contribution is 5.94. The van der Waals surface area contributed by atoms with Crippen LogP contribution < -0.4 is 16.2 Å². The quantitative estimate of drug-likeness (QED) is 0.665. The number of nitrogens with zero attached hydrogens (tertiary/aromatic N) is 3. The summed E-state index contributed by atoms with van der Waals surface area (Å²) < 4.78 is 49.4. The van der Waals surface area contributed by atoms with Crippen molar-refractivity contribution >= 4 is 11.9 Å². The molecule has 162 valence electrons. The Morgan fingerprint density at radius 3 is 2.50 bits per heavy atom. The van der Waals surface area contributed by atoms with E-state index in [1.807, 2.05) is 0 Å². The highest BCUT2D eigenvalue weighted by atomic mass is 19.4. The number of anilines is 1. The van der Waals surface area contributed by atoms with Gasteiger partial charge in [-0.3, -0.25) is 9.78 Å². The third kappa shape index (κ3) is 4.05. The van der Waals surface area contributed by atoms with Gasteiger partial charge in [0.15, 0.2) is 12.4 Å². The molecule has 1 unspecified atom stereocenters. The number of halogens is 3. The fourth-order valence-electron chi connectivity index (χ4n) is 3.87. The van der Waals surface area contributed by atoms with Crippen LogP contribution in [0.15, 0.2) is 10.7 Å².